The quantitative estimate of drug-likeness (QED) is 0.422. The van der Waals surface area contributed by atoms with Gasteiger partial charge in [-0.05, 0) is 54.4 Å². The van der Waals surface area contributed by atoms with Crippen molar-refractivity contribution in [1.29, 1.82) is 0 Å². The number of ether oxygens (including phenoxy) is 1. The molecule has 4 aromatic rings. The predicted molar refractivity (Wildman–Crippen MR) is 108 cm³/mol. The molecule has 0 aliphatic rings. The molecule has 1 heterocycles. The predicted octanol–water partition coefficient (Wildman–Crippen LogP) is 5.73. The molecule has 26 heavy (non-hydrogen) atoms. The van der Waals surface area contributed by atoms with E-state index in [1.807, 2.05) is 36.4 Å². The monoisotopic (exact) mass is 406 g/mol. The van der Waals surface area contributed by atoms with E-state index in [1.165, 1.54) is 11.1 Å². The summed E-state index contributed by atoms with van der Waals surface area (Å²) in [6.07, 6.45) is 0. The largest absolute Gasteiger partial charge is 0.486 e. The molecule has 130 valence electrons. The second-order valence-corrected chi connectivity index (χ2v) is 7.25. The Bertz CT molecular complexity index is 1040. The van der Waals surface area contributed by atoms with Crippen LogP contribution < -0.4 is 4.74 Å². The van der Waals surface area contributed by atoms with Crippen molar-refractivity contribution < 1.29 is 4.74 Å². The molecule has 0 unspecified atom stereocenters. The molecule has 0 aliphatic heterocycles. The van der Waals surface area contributed by atoms with Gasteiger partial charge in [0.1, 0.15) is 18.2 Å². The Morgan fingerprint density at radius 2 is 1.77 bits per heavy atom. The van der Waals surface area contributed by atoms with Crippen LogP contribution in [0, 0.1) is 6.92 Å². The Hall–Kier alpha value is -2.59. The number of para-hydroxylation sites is 2. The molecule has 4 rings (SSSR count). The third-order valence-electron chi connectivity index (χ3n) is 4.35. The van der Waals surface area contributed by atoms with E-state index in [9.17, 15) is 0 Å². The summed E-state index contributed by atoms with van der Waals surface area (Å²) >= 11 is 3.50. The lowest BCUT2D eigenvalue weighted by atomic mass is 10.2. The average molecular weight is 407 g/mol. The molecule has 0 amide bonds. The molecule has 0 bridgehead atoms. The van der Waals surface area contributed by atoms with Crippen LogP contribution >= 0.6 is 15.9 Å². The van der Waals surface area contributed by atoms with E-state index >= 15 is 0 Å². The number of benzene rings is 3. The summed E-state index contributed by atoms with van der Waals surface area (Å²) in [4.78, 5) is 4.79. The smallest absolute Gasteiger partial charge is 0.148 e. The fourth-order valence-corrected chi connectivity index (χ4v) is 3.30. The Kier molecular flexibility index (Phi) is 4.76. The molecule has 0 aliphatic carbocycles. The topological polar surface area (TPSA) is 27.1 Å². The van der Waals surface area contributed by atoms with Gasteiger partial charge in [0.2, 0.25) is 0 Å². The van der Waals surface area contributed by atoms with E-state index in [1.54, 1.807) is 0 Å². The van der Waals surface area contributed by atoms with Gasteiger partial charge in [-0.2, -0.15) is 0 Å². The first kappa shape index (κ1) is 16.9. The lowest BCUT2D eigenvalue weighted by Gasteiger charge is -2.11. The zero-order valence-electron chi connectivity index (χ0n) is 14.5. The number of hydrogen-bond donors (Lipinski definition) is 0. The van der Waals surface area contributed by atoms with Crippen LogP contribution in [0.2, 0.25) is 0 Å². The van der Waals surface area contributed by atoms with Crippen molar-refractivity contribution in [2.24, 2.45) is 0 Å². The van der Waals surface area contributed by atoms with Gasteiger partial charge in [-0.1, -0.05) is 52.3 Å². The van der Waals surface area contributed by atoms with Crippen LogP contribution in [0.4, 0.5) is 0 Å². The summed E-state index contributed by atoms with van der Waals surface area (Å²) < 4.78 is 9.32. The summed E-state index contributed by atoms with van der Waals surface area (Å²) in [6, 6.07) is 24.7. The Morgan fingerprint density at radius 1 is 0.962 bits per heavy atom. The van der Waals surface area contributed by atoms with E-state index in [0.29, 0.717) is 6.61 Å². The van der Waals surface area contributed by atoms with Crippen molar-refractivity contribution in [2.45, 2.75) is 20.1 Å². The minimum atomic E-state index is 0.439. The van der Waals surface area contributed by atoms with E-state index in [2.05, 4.69) is 63.8 Å². The van der Waals surface area contributed by atoms with Crippen LogP contribution in [0.25, 0.3) is 11.0 Å². The maximum absolute atomic E-state index is 6.01. The summed E-state index contributed by atoms with van der Waals surface area (Å²) in [5.74, 6) is 1.79. The fourth-order valence-electron chi connectivity index (χ4n) is 3.04. The van der Waals surface area contributed by atoms with Crippen LogP contribution in [0.15, 0.2) is 77.3 Å². The van der Waals surface area contributed by atoms with Crippen LogP contribution in [0.3, 0.4) is 0 Å². The zero-order valence-corrected chi connectivity index (χ0v) is 16.1. The first-order chi connectivity index (χ1) is 12.7. The Balaban J connectivity index is 1.65. The van der Waals surface area contributed by atoms with Crippen molar-refractivity contribution in [1.82, 2.24) is 9.55 Å². The van der Waals surface area contributed by atoms with Crippen molar-refractivity contribution in [3.63, 3.8) is 0 Å². The van der Waals surface area contributed by atoms with Gasteiger partial charge in [-0.25, -0.2) is 4.98 Å². The maximum atomic E-state index is 6.01. The van der Waals surface area contributed by atoms with Gasteiger partial charge < -0.3 is 9.30 Å². The van der Waals surface area contributed by atoms with Crippen LogP contribution in [0.5, 0.6) is 5.75 Å². The fraction of sp³-hybridized carbons (Fsp3) is 0.136. The second-order valence-electron chi connectivity index (χ2n) is 6.33. The molecule has 0 spiro atoms. The number of hydrogen-bond acceptors (Lipinski definition) is 2. The maximum Gasteiger partial charge on any atom is 0.148 e. The highest BCUT2D eigenvalue weighted by atomic mass is 79.9. The number of nitrogens with zero attached hydrogens (tertiary/aromatic N) is 2. The number of aromatic nitrogens is 2. The van der Waals surface area contributed by atoms with E-state index in [-0.39, 0.29) is 0 Å². The van der Waals surface area contributed by atoms with E-state index in [0.717, 1.165) is 33.6 Å². The first-order valence-corrected chi connectivity index (χ1v) is 9.36. The van der Waals surface area contributed by atoms with Crippen molar-refractivity contribution in [3.05, 3.63) is 94.2 Å². The van der Waals surface area contributed by atoms with Crippen LogP contribution in [-0.2, 0) is 13.2 Å². The molecule has 0 radical (unpaired) electrons. The van der Waals surface area contributed by atoms with Gasteiger partial charge in [0.15, 0.2) is 0 Å². The van der Waals surface area contributed by atoms with Crippen molar-refractivity contribution >= 4 is 27.0 Å². The average Bonchev–Trinajstić information content (AvgIpc) is 3.00. The normalized spacial score (nSPS) is 11.0. The Labute approximate surface area is 161 Å². The number of rotatable bonds is 5. The molecule has 0 fully saturated rings. The third kappa shape index (κ3) is 3.65. The van der Waals surface area contributed by atoms with E-state index < -0.39 is 0 Å². The first-order valence-electron chi connectivity index (χ1n) is 8.57. The van der Waals surface area contributed by atoms with Crippen molar-refractivity contribution in [3.8, 4) is 5.75 Å². The summed E-state index contributed by atoms with van der Waals surface area (Å²) in [6.45, 7) is 3.27. The van der Waals surface area contributed by atoms with Crippen LogP contribution in [0.1, 0.15) is 17.0 Å². The number of imidazole rings is 1. The number of aryl methyl sites for hydroxylation is 1. The minimum absolute atomic E-state index is 0.439. The minimum Gasteiger partial charge on any atom is -0.486 e. The summed E-state index contributed by atoms with van der Waals surface area (Å²) in [7, 11) is 0. The third-order valence-corrected chi connectivity index (χ3v) is 4.87. The van der Waals surface area contributed by atoms with Crippen molar-refractivity contribution in [2.75, 3.05) is 0 Å². The van der Waals surface area contributed by atoms with Gasteiger partial charge in [0.05, 0.1) is 11.0 Å². The molecule has 3 aromatic carbocycles. The molecule has 0 atom stereocenters. The van der Waals surface area contributed by atoms with Gasteiger partial charge in [-0.15, -0.1) is 0 Å². The van der Waals surface area contributed by atoms with Gasteiger partial charge in [0, 0.05) is 11.0 Å². The number of halogens is 1. The molecule has 3 nitrogen and oxygen atoms in total. The Morgan fingerprint density at radius 3 is 2.58 bits per heavy atom. The van der Waals surface area contributed by atoms with Gasteiger partial charge >= 0.3 is 0 Å². The summed E-state index contributed by atoms with van der Waals surface area (Å²) in [5.41, 5.74) is 4.53. The van der Waals surface area contributed by atoms with Gasteiger partial charge in [-0.3, -0.25) is 0 Å². The van der Waals surface area contributed by atoms with E-state index in [4.69, 9.17) is 9.72 Å². The highest BCUT2D eigenvalue weighted by molar-refractivity contribution is 9.10. The second kappa shape index (κ2) is 7.34. The highest BCUT2D eigenvalue weighted by Crippen LogP contribution is 2.21. The standard InChI is InChI=1S/C22H19BrN2O/c1-16-5-4-6-19(13-16)26-15-22-24-20-7-2-3-8-21(20)25(22)14-17-9-11-18(23)12-10-17/h2-13H,14-15H2,1H3. The zero-order chi connectivity index (χ0) is 17.9. The molecule has 1 aromatic heterocycles. The van der Waals surface area contributed by atoms with Gasteiger partial charge in [0.25, 0.3) is 0 Å². The molecular weight excluding hydrogens is 388 g/mol. The molecule has 0 saturated carbocycles. The van der Waals surface area contributed by atoms with Crippen LogP contribution in [-0.4, -0.2) is 9.55 Å². The molecule has 4 heteroatoms. The molecule has 0 N–H and O–H groups in total. The summed E-state index contributed by atoms with van der Waals surface area (Å²) in [5, 5.41) is 0. The lowest BCUT2D eigenvalue weighted by Crippen LogP contribution is -2.08. The SMILES string of the molecule is Cc1cccc(OCc2nc3ccccc3n2Cc2ccc(Br)cc2)c1. The highest BCUT2D eigenvalue weighted by Gasteiger charge is 2.11. The molecule has 0 saturated heterocycles. The lowest BCUT2D eigenvalue weighted by molar-refractivity contribution is 0.291. The molecular formula is C22H19BrN2O. The number of fused-ring (bicyclic) bond motifs is 1.